The number of benzene rings is 8. The van der Waals surface area contributed by atoms with Crippen LogP contribution in [-0.2, 0) is 0 Å². The number of hydrogen-bond donors (Lipinski definition) is 0. The lowest BCUT2D eigenvalue weighted by Gasteiger charge is -2.14. The minimum atomic E-state index is 0.638. The van der Waals surface area contributed by atoms with Gasteiger partial charge in [-0.3, -0.25) is 4.57 Å². The van der Waals surface area contributed by atoms with E-state index in [1.165, 1.54) is 43.4 Å². The molecule has 0 aliphatic carbocycles. The van der Waals surface area contributed by atoms with Crippen LogP contribution in [0.25, 0.3) is 121 Å². The molecule has 0 saturated heterocycles. The standard InChI is InChI=1S/C48H26N4O/c1-2-12-28-27(11-1)25-26-35-45(28)49-48(50-46(35)34-18-9-24-41-42(34)33-14-4-6-23-40(33)53-41)52-37-20-8-15-30-32-17-7-16-31-29-13-3-5-19-36(29)51(47(31)32)38-21-10-22-39(52)44(38)43(30)37/h1-26H. The van der Waals surface area contributed by atoms with Crippen LogP contribution < -0.4 is 0 Å². The fourth-order valence-corrected chi connectivity index (χ4v) is 9.33. The van der Waals surface area contributed by atoms with Crippen molar-refractivity contribution < 1.29 is 4.42 Å². The van der Waals surface area contributed by atoms with Gasteiger partial charge in [0.1, 0.15) is 11.2 Å². The van der Waals surface area contributed by atoms with Crippen LogP contribution in [0.15, 0.2) is 162 Å². The summed E-state index contributed by atoms with van der Waals surface area (Å²) in [5, 5.41) is 12.7. The fourth-order valence-electron chi connectivity index (χ4n) is 9.33. The highest BCUT2D eigenvalue weighted by atomic mass is 16.3. The van der Waals surface area contributed by atoms with Gasteiger partial charge in [0.2, 0.25) is 5.95 Å². The predicted molar refractivity (Wildman–Crippen MR) is 219 cm³/mol. The summed E-state index contributed by atoms with van der Waals surface area (Å²) in [5.41, 5.74) is 10.3. The van der Waals surface area contributed by atoms with Crippen molar-refractivity contribution in [2.75, 3.05) is 0 Å². The van der Waals surface area contributed by atoms with E-state index < -0.39 is 0 Å². The summed E-state index contributed by atoms with van der Waals surface area (Å²) < 4.78 is 11.1. The van der Waals surface area contributed by atoms with Crippen LogP contribution in [0.2, 0.25) is 0 Å². The minimum Gasteiger partial charge on any atom is -0.456 e. The van der Waals surface area contributed by atoms with Crippen molar-refractivity contribution in [1.29, 1.82) is 0 Å². The topological polar surface area (TPSA) is 48.3 Å². The lowest BCUT2D eigenvalue weighted by molar-refractivity contribution is 0.669. The number of para-hydroxylation sites is 3. The Labute approximate surface area is 300 Å². The summed E-state index contributed by atoms with van der Waals surface area (Å²) in [5.74, 6) is 0.638. The first-order chi connectivity index (χ1) is 26.3. The molecule has 244 valence electrons. The van der Waals surface area contributed by atoms with Crippen LogP contribution in [0.1, 0.15) is 0 Å². The Bertz CT molecular complexity index is 3700. The molecule has 13 rings (SSSR count). The second-order valence-corrected chi connectivity index (χ2v) is 14.1. The van der Waals surface area contributed by atoms with E-state index in [0.717, 1.165) is 71.4 Å². The zero-order valence-electron chi connectivity index (χ0n) is 28.2. The number of nitrogens with zero attached hydrogens (tertiary/aromatic N) is 4. The third-order valence-electron chi connectivity index (χ3n) is 11.5. The quantitative estimate of drug-likeness (QED) is 0.172. The largest absolute Gasteiger partial charge is 0.456 e. The molecular weight excluding hydrogens is 649 g/mol. The van der Waals surface area contributed by atoms with E-state index in [1.807, 2.05) is 18.2 Å². The van der Waals surface area contributed by atoms with Gasteiger partial charge in [-0.15, -0.1) is 0 Å². The highest BCUT2D eigenvalue weighted by Crippen LogP contribution is 2.45. The highest BCUT2D eigenvalue weighted by Gasteiger charge is 2.24. The fraction of sp³-hybridized carbons (Fsp3) is 0. The minimum absolute atomic E-state index is 0.638. The molecule has 8 aromatic carbocycles. The summed E-state index contributed by atoms with van der Waals surface area (Å²) in [6.07, 6.45) is 0. The van der Waals surface area contributed by atoms with Crippen LogP contribution in [0.4, 0.5) is 0 Å². The van der Waals surface area contributed by atoms with Gasteiger partial charge >= 0.3 is 0 Å². The van der Waals surface area contributed by atoms with E-state index in [9.17, 15) is 0 Å². The van der Waals surface area contributed by atoms with E-state index in [1.54, 1.807) is 0 Å². The van der Waals surface area contributed by atoms with Crippen molar-refractivity contribution in [2.24, 2.45) is 0 Å². The third kappa shape index (κ3) is 3.42. The molecule has 0 radical (unpaired) electrons. The Morgan fingerprint density at radius 3 is 1.96 bits per heavy atom. The van der Waals surface area contributed by atoms with Crippen molar-refractivity contribution >= 4 is 104 Å². The normalized spacial score (nSPS) is 12.5. The van der Waals surface area contributed by atoms with E-state index in [4.69, 9.17) is 14.4 Å². The van der Waals surface area contributed by atoms with E-state index in [0.29, 0.717) is 5.95 Å². The van der Waals surface area contributed by atoms with Crippen LogP contribution in [0.5, 0.6) is 0 Å². The van der Waals surface area contributed by atoms with E-state index in [-0.39, 0.29) is 0 Å². The Morgan fingerprint density at radius 2 is 1.04 bits per heavy atom. The molecule has 0 saturated carbocycles. The molecular formula is C48H26N4O. The Kier molecular flexibility index (Phi) is 5.06. The van der Waals surface area contributed by atoms with Gasteiger partial charge in [-0.2, -0.15) is 0 Å². The first kappa shape index (κ1) is 27.5. The van der Waals surface area contributed by atoms with Crippen LogP contribution >= 0.6 is 0 Å². The zero-order valence-corrected chi connectivity index (χ0v) is 28.2. The first-order valence-corrected chi connectivity index (χ1v) is 18.0. The summed E-state index contributed by atoms with van der Waals surface area (Å²) >= 11 is 0. The number of rotatable bonds is 2. The van der Waals surface area contributed by atoms with Crippen molar-refractivity contribution in [3.63, 3.8) is 0 Å². The molecule has 5 heteroatoms. The second-order valence-electron chi connectivity index (χ2n) is 14.1. The van der Waals surface area contributed by atoms with Crippen molar-refractivity contribution in [1.82, 2.24) is 18.9 Å². The molecule has 53 heavy (non-hydrogen) atoms. The maximum Gasteiger partial charge on any atom is 0.235 e. The number of furan rings is 1. The smallest absolute Gasteiger partial charge is 0.235 e. The average molecular weight is 675 g/mol. The third-order valence-corrected chi connectivity index (χ3v) is 11.5. The highest BCUT2D eigenvalue weighted by molar-refractivity contribution is 6.31. The molecule has 13 aromatic rings. The molecule has 0 atom stereocenters. The molecule has 5 aromatic heterocycles. The van der Waals surface area contributed by atoms with Crippen LogP contribution in [0.3, 0.4) is 0 Å². The molecule has 0 unspecified atom stereocenters. The summed E-state index contributed by atoms with van der Waals surface area (Å²) in [6.45, 7) is 0. The lowest BCUT2D eigenvalue weighted by Crippen LogP contribution is -2.04. The van der Waals surface area contributed by atoms with Crippen molar-refractivity contribution in [2.45, 2.75) is 0 Å². The van der Waals surface area contributed by atoms with Gasteiger partial charge in [0.25, 0.3) is 0 Å². The van der Waals surface area contributed by atoms with Gasteiger partial charge in [-0.05, 0) is 53.2 Å². The number of fused-ring (bicyclic) bond motifs is 11. The molecule has 0 spiro atoms. The van der Waals surface area contributed by atoms with Crippen LogP contribution in [0, 0.1) is 0 Å². The summed E-state index contributed by atoms with van der Waals surface area (Å²) in [4.78, 5) is 11.1. The second kappa shape index (κ2) is 9.75. The molecule has 0 fully saturated rings. The van der Waals surface area contributed by atoms with Gasteiger partial charge in [-0.25, -0.2) is 9.97 Å². The molecule has 5 nitrogen and oxygen atoms in total. The predicted octanol–water partition coefficient (Wildman–Crippen LogP) is 12.6. The van der Waals surface area contributed by atoms with Crippen LogP contribution in [-0.4, -0.2) is 18.9 Å². The van der Waals surface area contributed by atoms with Gasteiger partial charge in [0.05, 0.1) is 38.8 Å². The average Bonchev–Trinajstić information content (AvgIpc) is 3.85. The van der Waals surface area contributed by atoms with Gasteiger partial charge in [-0.1, -0.05) is 115 Å². The molecule has 5 heterocycles. The Hall–Kier alpha value is -7.24. The summed E-state index contributed by atoms with van der Waals surface area (Å²) in [7, 11) is 0. The lowest BCUT2D eigenvalue weighted by atomic mass is 9.98. The van der Waals surface area contributed by atoms with Gasteiger partial charge < -0.3 is 8.82 Å². The summed E-state index contributed by atoms with van der Waals surface area (Å²) in [6, 6.07) is 56.3. The monoisotopic (exact) mass is 674 g/mol. The van der Waals surface area contributed by atoms with Crippen molar-refractivity contribution in [3.05, 3.63) is 158 Å². The molecule has 0 N–H and O–H groups in total. The first-order valence-electron chi connectivity index (χ1n) is 18.0. The molecule has 0 amide bonds. The van der Waals surface area contributed by atoms with Gasteiger partial charge in [0, 0.05) is 54.0 Å². The molecule has 0 bridgehead atoms. The molecule has 0 aliphatic heterocycles. The number of hydrogen-bond acceptors (Lipinski definition) is 3. The number of aromatic nitrogens is 4. The van der Waals surface area contributed by atoms with E-state index >= 15 is 0 Å². The Balaban J connectivity index is 1.24. The Morgan fingerprint density at radius 1 is 0.396 bits per heavy atom. The zero-order chi connectivity index (χ0) is 34.4. The molecule has 0 aliphatic rings. The maximum absolute atomic E-state index is 6.39. The maximum atomic E-state index is 6.39. The van der Waals surface area contributed by atoms with Crippen molar-refractivity contribution in [3.8, 4) is 17.2 Å². The SMILES string of the molecule is c1ccc2c(c1)ccc1c(-c3cccc4oc5ccccc5c34)nc(-n3c4cccc5c6cccc7c8ccccc8n(c8cccc3c8c54)c67)nc12. The van der Waals surface area contributed by atoms with Gasteiger partial charge in [0.15, 0.2) is 0 Å². The van der Waals surface area contributed by atoms with E-state index in [2.05, 4.69) is 148 Å².